The maximum absolute atomic E-state index is 12.5. The number of rotatable bonds is 7. The van der Waals surface area contributed by atoms with E-state index in [0.717, 1.165) is 51.1 Å². The van der Waals surface area contributed by atoms with Crippen LogP contribution in [0.1, 0.15) is 42.1 Å². The number of nitrogens with one attached hydrogen (secondary N) is 1. The lowest BCUT2D eigenvalue weighted by atomic mass is 10.0. The molecule has 0 aliphatic carbocycles. The highest BCUT2D eigenvalue weighted by atomic mass is 32.2. The average molecular weight is 349 g/mol. The van der Waals surface area contributed by atoms with Gasteiger partial charge in [0.15, 0.2) is 0 Å². The van der Waals surface area contributed by atoms with Gasteiger partial charge in [0.1, 0.15) is 5.25 Å². The van der Waals surface area contributed by atoms with Gasteiger partial charge in [-0.3, -0.25) is 9.69 Å². The number of aryl methyl sites for hydroxylation is 1. The molecule has 2 aliphatic heterocycles. The van der Waals surface area contributed by atoms with Crippen LogP contribution in [0, 0.1) is 0 Å². The van der Waals surface area contributed by atoms with Gasteiger partial charge in [0.2, 0.25) is 5.91 Å². The fraction of sp³-hybridized carbons (Fsp3) is 0.632. The molecule has 1 aromatic rings. The van der Waals surface area contributed by atoms with E-state index < -0.39 is 0 Å². The smallest absolute Gasteiger partial charge is 0.237 e. The summed E-state index contributed by atoms with van der Waals surface area (Å²) in [5, 5.41) is 12.4. The van der Waals surface area contributed by atoms with Crippen molar-refractivity contribution >= 4 is 17.7 Å². The maximum atomic E-state index is 12.5. The first-order valence-electron chi connectivity index (χ1n) is 9.11. The van der Waals surface area contributed by atoms with Crippen LogP contribution >= 0.6 is 11.8 Å². The Bertz CT molecular complexity index is 552. The highest BCUT2D eigenvalue weighted by molar-refractivity contribution is 8.00. The first kappa shape index (κ1) is 17.8. The van der Waals surface area contributed by atoms with Crippen LogP contribution in [0.5, 0.6) is 0 Å². The number of nitrogens with zero attached hydrogens (tertiary/aromatic N) is 1. The molecule has 24 heavy (non-hydrogen) atoms. The minimum Gasteiger partial charge on any atom is -0.395 e. The summed E-state index contributed by atoms with van der Waals surface area (Å²) >= 11 is 1.75. The van der Waals surface area contributed by atoms with E-state index in [4.69, 9.17) is 0 Å². The van der Waals surface area contributed by atoms with Crippen molar-refractivity contribution in [3.8, 4) is 0 Å². The molecule has 0 aromatic heterocycles. The Kier molecular flexibility index (Phi) is 6.58. The third-order valence-corrected chi connectivity index (χ3v) is 6.35. The quantitative estimate of drug-likeness (QED) is 0.743. The van der Waals surface area contributed by atoms with Crippen LogP contribution in [0.15, 0.2) is 24.3 Å². The minimum atomic E-state index is -0.0488. The van der Waals surface area contributed by atoms with Crippen molar-refractivity contribution in [3.63, 3.8) is 0 Å². The maximum Gasteiger partial charge on any atom is 0.237 e. The molecule has 5 heteroatoms. The molecule has 0 spiro atoms. The molecule has 0 radical (unpaired) electrons. The number of aliphatic hydroxyl groups is 1. The Morgan fingerprint density at radius 2 is 2.21 bits per heavy atom. The van der Waals surface area contributed by atoms with Gasteiger partial charge in [-0.15, -0.1) is 11.8 Å². The third kappa shape index (κ3) is 4.32. The third-order valence-electron chi connectivity index (χ3n) is 5.11. The van der Waals surface area contributed by atoms with Gasteiger partial charge in [0.25, 0.3) is 0 Å². The first-order chi connectivity index (χ1) is 11.8. The fourth-order valence-corrected chi connectivity index (χ4v) is 4.97. The Morgan fingerprint density at radius 3 is 3.08 bits per heavy atom. The van der Waals surface area contributed by atoms with Gasteiger partial charge < -0.3 is 10.4 Å². The van der Waals surface area contributed by atoms with Gasteiger partial charge in [-0.1, -0.05) is 24.3 Å². The summed E-state index contributed by atoms with van der Waals surface area (Å²) < 4.78 is 0. The van der Waals surface area contributed by atoms with Crippen molar-refractivity contribution in [1.29, 1.82) is 0 Å². The SMILES string of the molecule is O=C(NCCCCN1CCCC1CO)C1SCCc2ccccc21. The average Bonchev–Trinajstić information content (AvgIpc) is 3.08. The second-order valence-corrected chi connectivity index (χ2v) is 7.93. The number of carbonyl (C=O) groups excluding carboxylic acids is 1. The molecule has 1 saturated heterocycles. The van der Waals surface area contributed by atoms with Crippen LogP contribution in [0.2, 0.25) is 0 Å². The van der Waals surface area contributed by atoms with Crippen molar-refractivity contribution in [2.24, 2.45) is 0 Å². The monoisotopic (exact) mass is 348 g/mol. The van der Waals surface area contributed by atoms with Crippen LogP contribution in [0.25, 0.3) is 0 Å². The Hall–Kier alpha value is -1.04. The van der Waals surface area contributed by atoms with Crippen molar-refractivity contribution in [3.05, 3.63) is 35.4 Å². The number of benzene rings is 1. The van der Waals surface area contributed by atoms with Crippen molar-refractivity contribution in [1.82, 2.24) is 10.2 Å². The fourth-order valence-electron chi connectivity index (χ4n) is 3.75. The number of fused-ring (bicyclic) bond motifs is 1. The molecule has 0 bridgehead atoms. The van der Waals surface area contributed by atoms with Gasteiger partial charge in [-0.05, 0) is 62.1 Å². The number of hydrogen-bond acceptors (Lipinski definition) is 4. The summed E-state index contributed by atoms with van der Waals surface area (Å²) in [7, 11) is 0. The van der Waals surface area contributed by atoms with Gasteiger partial charge in [-0.2, -0.15) is 0 Å². The van der Waals surface area contributed by atoms with Crippen molar-refractivity contribution in [2.45, 2.75) is 43.4 Å². The largest absolute Gasteiger partial charge is 0.395 e. The molecule has 1 amide bonds. The van der Waals surface area contributed by atoms with Gasteiger partial charge >= 0.3 is 0 Å². The molecular formula is C19H28N2O2S. The summed E-state index contributed by atoms with van der Waals surface area (Å²) in [6.07, 6.45) is 5.45. The number of amides is 1. The van der Waals surface area contributed by atoms with Crippen LogP contribution in [0.3, 0.4) is 0 Å². The second-order valence-electron chi connectivity index (χ2n) is 6.71. The molecular weight excluding hydrogens is 320 g/mol. The van der Waals surface area contributed by atoms with E-state index in [-0.39, 0.29) is 17.8 Å². The normalized spacial score (nSPS) is 23.9. The highest BCUT2D eigenvalue weighted by Crippen LogP contribution is 2.36. The number of thioether (sulfide) groups is 1. The van der Waals surface area contributed by atoms with E-state index in [1.165, 1.54) is 17.5 Å². The van der Waals surface area contributed by atoms with E-state index in [1.54, 1.807) is 11.8 Å². The van der Waals surface area contributed by atoms with E-state index >= 15 is 0 Å². The number of hydrogen-bond donors (Lipinski definition) is 2. The zero-order valence-corrected chi connectivity index (χ0v) is 15.1. The number of likely N-dealkylation sites (tertiary alicyclic amines) is 1. The lowest BCUT2D eigenvalue weighted by Gasteiger charge is -2.24. The van der Waals surface area contributed by atoms with E-state index in [2.05, 4.69) is 28.4 Å². The number of carbonyl (C=O) groups is 1. The predicted molar refractivity (Wildman–Crippen MR) is 99.3 cm³/mol. The summed E-state index contributed by atoms with van der Waals surface area (Å²) in [6.45, 7) is 3.15. The van der Waals surface area contributed by atoms with Crippen molar-refractivity contribution < 1.29 is 9.90 Å². The number of aliphatic hydroxyl groups excluding tert-OH is 1. The molecule has 2 unspecified atom stereocenters. The topological polar surface area (TPSA) is 52.6 Å². The van der Waals surface area contributed by atoms with Crippen LogP contribution in [-0.4, -0.2) is 53.9 Å². The minimum absolute atomic E-state index is 0.0488. The Morgan fingerprint density at radius 1 is 1.33 bits per heavy atom. The summed E-state index contributed by atoms with van der Waals surface area (Å²) in [6, 6.07) is 8.67. The van der Waals surface area contributed by atoms with Crippen molar-refractivity contribution in [2.75, 3.05) is 32.0 Å². The zero-order chi connectivity index (χ0) is 16.8. The Labute approximate surface area is 149 Å². The molecule has 0 saturated carbocycles. The number of unbranched alkanes of at least 4 members (excludes halogenated alkanes) is 1. The highest BCUT2D eigenvalue weighted by Gasteiger charge is 2.26. The zero-order valence-electron chi connectivity index (χ0n) is 14.2. The molecule has 2 aliphatic rings. The van der Waals surface area contributed by atoms with Crippen LogP contribution in [-0.2, 0) is 11.2 Å². The lowest BCUT2D eigenvalue weighted by Crippen LogP contribution is -2.34. The molecule has 2 N–H and O–H groups in total. The molecule has 1 aromatic carbocycles. The molecule has 132 valence electrons. The second kappa shape index (κ2) is 8.88. The molecule has 1 fully saturated rings. The summed E-state index contributed by atoms with van der Waals surface area (Å²) in [5.41, 5.74) is 2.51. The van der Waals surface area contributed by atoms with E-state index in [1.807, 2.05) is 6.07 Å². The van der Waals surface area contributed by atoms with E-state index in [0.29, 0.717) is 6.04 Å². The Balaban J connectivity index is 1.39. The van der Waals surface area contributed by atoms with Crippen LogP contribution < -0.4 is 5.32 Å². The van der Waals surface area contributed by atoms with Gasteiger partial charge in [0.05, 0.1) is 6.61 Å². The first-order valence-corrected chi connectivity index (χ1v) is 10.2. The summed E-state index contributed by atoms with van der Waals surface area (Å²) in [5.74, 6) is 1.17. The molecule has 3 rings (SSSR count). The predicted octanol–water partition coefficient (Wildman–Crippen LogP) is 2.37. The molecule has 2 atom stereocenters. The molecule has 2 heterocycles. The van der Waals surface area contributed by atoms with E-state index in [9.17, 15) is 9.90 Å². The summed E-state index contributed by atoms with van der Waals surface area (Å²) in [4.78, 5) is 14.9. The lowest BCUT2D eigenvalue weighted by molar-refractivity contribution is -0.120. The van der Waals surface area contributed by atoms with Crippen LogP contribution in [0.4, 0.5) is 0 Å². The van der Waals surface area contributed by atoms with Gasteiger partial charge in [-0.25, -0.2) is 0 Å². The molecule has 4 nitrogen and oxygen atoms in total. The standard InChI is InChI=1S/C19H28N2O2S/c22-14-16-7-5-12-21(16)11-4-3-10-20-19(23)18-17-8-2-1-6-15(17)9-13-24-18/h1-2,6,8,16,18,22H,3-5,7,9-14H2,(H,20,23). The van der Waals surface area contributed by atoms with Gasteiger partial charge in [0, 0.05) is 12.6 Å².